The lowest BCUT2D eigenvalue weighted by Crippen LogP contribution is -2.67. The van der Waals surface area contributed by atoms with E-state index in [4.69, 9.17) is 52.1 Å². The minimum Gasteiger partial charge on any atom is -0.463 e. The highest BCUT2D eigenvalue weighted by Crippen LogP contribution is 2.35. The molecule has 2 fully saturated rings. The van der Waals surface area contributed by atoms with Crippen LogP contribution in [0.3, 0.4) is 0 Å². The molecule has 0 N–H and O–H groups in total. The van der Waals surface area contributed by atoms with Crippen LogP contribution in [0.4, 0.5) is 0 Å². The second-order valence-electron chi connectivity index (χ2n) is 10.3. The van der Waals surface area contributed by atoms with Gasteiger partial charge in [0.15, 0.2) is 30.7 Å². The van der Waals surface area contributed by atoms with E-state index >= 15 is 0 Å². The highest BCUT2D eigenvalue weighted by molar-refractivity contribution is 5.70. The SMILES string of the molecule is CC(=O)OC[C@H]1O[C@@H](OC(C)=O)[C@H](OC(C)=O)[C@@H](OC(C)=O)C1O[C@H]1O[C@H](COC(C)=O)[C@@H](OC(C)=O)[C@H](OC(C)=O)[C@H]1OC(C)=O. The lowest BCUT2D eigenvalue weighted by molar-refractivity contribution is -0.357. The van der Waals surface area contributed by atoms with Crippen molar-refractivity contribution in [1.29, 1.82) is 0 Å². The van der Waals surface area contributed by atoms with Gasteiger partial charge in [-0.2, -0.15) is 0 Å². The van der Waals surface area contributed by atoms with Gasteiger partial charge in [0.25, 0.3) is 0 Å². The number of ether oxygens (including phenoxy) is 11. The van der Waals surface area contributed by atoms with Crippen molar-refractivity contribution in [3.63, 3.8) is 0 Å². The van der Waals surface area contributed by atoms with Gasteiger partial charge in [-0.25, -0.2) is 0 Å². The fourth-order valence-electron chi connectivity index (χ4n) is 4.73. The maximum Gasteiger partial charge on any atom is 0.305 e. The predicted molar refractivity (Wildman–Crippen MR) is 145 cm³/mol. The van der Waals surface area contributed by atoms with Gasteiger partial charge in [0.1, 0.15) is 31.5 Å². The molecular weight excluding hydrogens is 640 g/mol. The first-order chi connectivity index (χ1) is 21.9. The monoisotopic (exact) mass is 678 g/mol. The molecule has 1 unspecified atom stereocenters. The van der Waals surface area contributed by atoms with Gasteiger partial charge >= 0.3 is 47.8 Å². The molecule has 0 amide bonds. The van der Waals surface area contributed by atoms with Crippen LogP contribution in [-0.4, -0.2) is 122 Å². The zero-order chi connectivity index (χ0) is 35.6. The summed E-state index contributed by atoms with van der Waals surface area (Å²) in [6.07, 6.45) is -16.3. The molecule has 0 spiro atoms. The van der Waals surface area contributed by atoms with E-state index in [0.29, 0.717) is 0 Å². The van der Waals surface area contributed by atoms with E-state index < -0.39 is 122 Å². The quantitative estimate of drug-likeness (QED) is 0.181. The molecule has 19 nitrogen and oxygen atoms in total. The van der Waals surface area contributed by atoms with Crippen molar-refractivity contribution in [2.45, 2.75) is 117 Å². The molecule has 19 heteroatoms. The lowest BCUT2D eigenvalue weighted by Gasteiger charge is -2.48. The Labute approximate surface area is 268 Å². The van der Waals surface area contributed by atoms with Crippen molar-refractivity contribution < 1.29 is 90.5 Å². The number of rotatable bonds is 12. The average molecular weight is 679 g/mol. The normalized spacial score (nSPS) is 30.0. The van der Waals surface area contributed by atoms with E-state index in [1.165, 1.54) is 0 Å². The summed E-state index contributed by atoms with van der Waals surface area (Å²) in [7, 11) is 0. The smallest absolute Gasteiger partial charge is 0.305 e. The van der Waals surface area contributed by atoms with E-state index in [1.807, 2.05) is 0 Å². The van der Waals surface area contributed by atoms with Gasteiger partial charge < -0.3 is 52.1 Å². The van der Waals surface area contributed by atoms with Gasteiger partial charge in [-0.3, -0.25) is 38.4 Å². The summed E-state index contributed by atoms with van der Waals surface area (Å²) in [5, 5.41) is 0. The number of hydrogen-bond acceptors (Lipinski definition) is 19. The molecule has 0 aromatic heterocycles. The maximum absolute atomic E-state index is 12.3. The predicted octanol–water partition coefficient (Wildman–Crippen LogP) is -0.831. The minimum atomic E-state index is -1.83. The molecule has 0 saturated carbocycles. The fraction of sp³-hybridized carbons (Fsp3) is 0.714. The van der Waals surface area contributed by atoms with E-state index in [2.05, 4.69) is 0 Å². The van der Waals surface area contributed by atoms with Crippen molar-refractivity contribution in [3.8, 4) is 0 Å². The molecule has 0 aromatic carbocycles. The minimum absolute atomic E-state index is 0.590. The second kappa shape index (κ2) is 17.5. The van der Waals surface area contributed by atoms with E-state index in [-0.39, 0.29) is 0 Å². The number of carbonyl (C=O) groups excluding carboxylic acids is 8. The first kappa shape index (κ1) is 38.8. The summed E-state index contributed by atoms with van der Waals surface area (Å²) in [6, 6.07) is 0. The lowest BCUT2D eigenvalue weighted by atomic mass is 9.96. The molecule has 2 heterocycles. The molecule has 0 aliphatic carbocycles. The van der Waals surface area contributed by atoms with Crippen LogP contribution in [0.25, 0.3) is 0 Å². The summed E-state index contributed by atoms with van der Waals surface area (Å²) >= 11 is 0. The molecule has 2 aliphatic heterocycles. The summed E-state index contributed by atoms with van der Waals surface area (Å²) in [5.41, 5.74) is 0. The second-order valence-corrected chi connectivity index (χ2v) is 10.3. The zero-order valence-corrected chi connectivity index (χ0v) is 26.9. The third kappa shape index (κ3) is 12.1. The molecule has 0 bridgehead atoms. The van der Waals surface area contributed by atoms with E-state index in [0.717, 1.165) is 55.4 Å². The van der Waals surface area contributed by atoms with Crippen LogP contribution >= 0.6 is 0 Å². The van der Waals surface area contributed by atoms with Gasteiger partial charge in [-0.15, -0.1) is 0 Å². The van der Waals surface area contributed by atoms with Gasteiger partial charge in [-0.1, -0.05) is 0 Å². The molecule has 2 aliphatic rings. The zero-order valence-electron chi connectivity index (χ0n) is 26.9. The third-order valence-electron chi connectivity index (χ3n) is 6.17. The van der Waals surface area contributed by atoms with Crippen LogP contribution in [0.2, 0.25) is 0 Å². The molecule has 47 heavy (non-hydrogen) atoms. The Balaban J connectivity index is 2.73. The van der Waals surface area contributed by atoms with Crippen molar-refractivity contribution in [3.05, 3.63) is 0 Å². The Morgan fingerprint density at radius 3 is 1.11 bits per heavy atom. The summed E-state index contributed by atoms with van der Waals surface area (Å²) in [6.45, 7) is 7.05. The Morgan fingerprint density at radius 1 is 0.383 bits per heavy atom. The molecule has 0 radical (unpaired) electrons. The van der Waals surface area contributed by atoms with Gasteiger partial charge in [0.05, 0.1) is 0 Å². The van der Waals surface area contributed by atoms with E-state index in [1.54, 1.807) is 0 Å². The van der Waals surface area contributed by atoms with Crippen molar-refractivity contribution in [1.82, 2.24) is 0 Å². The topological polar surface area (TPSA) is 238 Å². The van der Waals surface area contributed by atoms with E-state index in [9.17, 15) is 38.4 Å². The average Bonchev–Trinajstić information content (AvgIpc) is 2.91. The van der Waals surface area contributed by atoms with Gasteiger partial charge in [0.2, 0.25) is 12.4 Å². The Bertz CT molecular complexity index is 1200. The Kier molecular flexibility index (Phi) is 14.5. The third-order valence-corrected chi connectivity index (χ3v) is 6.17. The van der Waals surface area contributed by atoms with Crippen LogP contribution in [0.1, 0.15) is 55.4 Å². The van der Waals surface area contributed by atoms with Crippen molar-refractivity contribution >= 4 is 47.8 Å². The molecular formula is C28H38O19. The highest BCUT2D eigenvalue weighted by atomic mass is 16.8. The first-order valence-corrected chi connectivity index (χ1v) is 14.2. The first-order valence-electron chi connectivity index (χ1n) is 14.2. The van der Waals surface area contributed by atoms with Crippen LogP contribution < -0.4 is 0 Å². The van der Waals surface area contributed by atoms with Crippen molar-refractivity contribution in [2.75, 3.05) is 13.2 Å². The van der Waals surface area contributed by atoms with Crippen molar-refractivity contribution in [2.24, 2.45) is 0 Å². The van der Waals surface area contributed by atoms with Gasteiger partial charge in [-0.05, 0) is 0 Å². The Morgan fingerprint density at radius 2 is 0.702 bits per heavy atom. The number of esters is 8. The number of hydrogen-bond donors (Lipinski definition) is 0. The standard InChI is InChI=1S/C28H38O19/c1-11(29)37-9-19-21(39-13(3)31)23(40-14(4)32)26(43-17(7)35)28(46-19)47-22-20(10-38-12(2)30)45-27(44-18(8)36)25(42-16(6)34)24(22)41-15(5)33/h19-28H,9-10H2,1-8H3/t19-,20-,21-,22?,23+,24+,25-,26-,27-,28-/m1/s1. The summed E-state index contributed by atoms with van der Waals surface area (Å²) in [5.74, 6) is -7.02. The van der Waals surface area contributed by atoms with Crippen LogP contribution in [0, 0.1) is 0 Å². The molecule has 10 atom stereocenters. The van der Waals surface area contributed by atoms with Crippen LogP contribution in [0.15, 0.2) is 0 Å². The fourth-order valence-corrected chi connectivity index (χ4v) is 4.73. The van der Waals surface area contributed by atoms with Crippen LogP contribution in [-0.2, 0) is 90.5 Å². The molecule has 2 rings (SSSR count). The van der Waals surface area contributed by atoms with Crippen LogP contribution in [0.5, 0.6) is 0 Å². The molecule has 264 valence electrons. The molecule has 0 aromatic rings. The summed E-state index contributed by atoms with van der Waals surface area (Å²) in [4.78, 5) is 96.3. The summed E-state index contributed by atoms with van der Waals surface area (Å²) < 4.78 is 60.2. The number of carbonyl (C=O) groups is 8. The molecule has 2 saturated heterocycles. The largest absolute Gasteiger partial charge is 0.463 e. The Hall–Kier alpha value is -4.36. The maximum atomic E-state index is 12.3. The van der Waals surface area contributed by atoms with Gasteiger partial charge in [0, 0.05) is 55.4 Å². The highest BCUT2D eigenvalue weighted by Gasteiger charge is 2.58.